The average Bonchev–Trinajstić information content (AvgIpc) is 2.93. The maximum absolute atomic E-state index is 12.9. The van der Waals surface area contributed by atoms with Crippen molar-refractivity contribution in [2.24, 2.45) is 10.9 Å². The third kappa shape index (κ3) is 3.43. The summed E-state index contributed by atoms with van der Waals surface area (Å²) < 4.78 is 38.8. The Bertz CT molecular complexity index is 524. The van der Waals surface area contributed by atoms with Gasteiger partial charge >= 0.3 is 12.1 Å². The van der Waals surface area contributed by atoms with E-state index in [9.17, 15) is 13.2 Å². The highest BCUT2D eigenvalue weighted by Crippen LogP contribution is 2.35. The highest BCUT2D eigenvalue weighted by molar-refractivity contribution is 5.82. The molecule has 0 spiro atoms. The van der Waals surface area contributed by atoms with Crippen LogP contribution in [0.5, 0.6) is 0 Å². The molecule has 1 aromatic carbocycles. The van der Waals surface area contributed by atoms with Crippen LogP contribution in [-0.2, 0) is 4.84 Å². The summed E-state index contributed by atoms with van der Waals surface area (Å²) in [5.74, 6) is -0.764. The average molecular weight is 312 g/mol. The molecule has 1 saturated carbocycles. The quantitative estimate of drug-likeness (QED) is 0.822. The van der Waals surface area contributed by atoms with Crippen LogP contribution in [0, 0.1) is 5.92 Å². The molecule has 1 aromatic rings. The molecular weight excluding hydrogens is 293 g/mol. The van der Waals surface area contributed by atoms with E-state index in [4.69, 9.17) is 4.84 Å². The van der Waals surface area contributed by atoms with Crippen molar-refractivity contribution in [1.82, 2.24) is 5.06 Å². The molecule has 3 rings (SSSR count). The molecule has 1 aliphatic heterocycles. The zero-order valence-corrected chi connectivity index (χ0v) is 12.2. The summed E-state index contributed by atoms with van der Waals surface area (Å²) in [6.45, 7) is 0.489. The topological polar surface area (TPSA) is 24.8 Å². The smallest absolute Gasteiger partial charge is 0.378 e. The predicted molar refractivity (Wildman–Crippen MR) is 77.0 cm³/mol. The van der Waals surface area contributed by atoms with Gasteiger partial charge in [0.05, 0.1) is 0 Å². The Labute approximate surface area is 127 Å². The van der Waals surface area contributed by atoms with Crippen molar-refractivity contribution < 1.29 is 18.0 Å². The van der Waals surface area contributed by atoms with Crippen molar-refractivity contribution in [3.63, 3.8) is 0 Å². The van der Waals surface area contributed by atoms with Crippen LogP contribution in [0.2, 0.25) is 0 Å². The van der Waals surface area contributed by atoms with Gasteiger partial charge in [-0.1, -0.05) is 49.6 Å². The molecular formula is C16H19F3N2O. The standard InChI is InChI=1S/C16H19F3N2O/c17-16(18,19)15-20-14(13-9-5-2-6-10-13)21(22-15)11-12-7-3-1-4-8-12/h2,5-6,9-10,12,14H,1,3-4,7-8,11H2. The molecule has 1 fully saturated rings. The van der Waals surface area contributed by atoms with E-state index in [2.05, 4.69) is 4.99 Å². The summed E-state index contributed by atoms with van der Waals surface area (Å²) in [4.78, 5) is 8.83. The lowest BCUT2D eigenvalue weighted by Gasteiger charge is -2.28. The van der Waals surface area contributed by atoms with Gasteiger partial charge in [0.1, 0.15) is 0 Å². The molecule has 1 atom stereocenters. The number of hydrogen-bond acceptors (Lipinski definition) is 3. The van der Waals surface area contributed by atoms with E-state index in [-0.39, 0.29) is 0 Å². The summed E-state index contributed by atoms with van der Waals surface area (Å²) in [6, 6.07) is 9.00. The molecule has 0 amide bonds. The van der Waals surface area contributed by atoms with Crippen LogP contribution in [-0.4, -0.2) is 23.7 Å². The van der Waals surface area contributed by atoms with Crippen LogP contribution < -0.4 is 0 Å². The van der Waals surface area contributed by atoms with Crippen molar-refractivity contribution in [2.45, 2.75) is 44.4 Å². The second-order valence-electron chi connectivity index (χ2n) is 5.91. The van der Waals surface area contributed by atoms with E-state index in [0.717, 1.165) is 31.2 Å². The summed E-state index contributed by atoms with van der Waals surface area (Å²) in [6.07, 6.45) is 0.326. The monoisotopic (exact) mass is 312 g/mol. The molecule has 0 radical (unpaired) electrons. The molecule has 1 aliphatic carbocycles. The fourth-order valence-electron chi connectivity index (χ4n) is 3.11. The van der Waals surface area contributed by atoms with E-state index in [1.54, 1.807) is 24.3 Å². The first-order chi connectivity index (χ1) is 10.5. The van der Waals surface area contributed by atoms with Gasteiger partial charge < -0.3 is 4.84 Å². The number of benzene rings is 1. The first-order valence-electron chi connectivity index (χ1n) is 7.68. The molecule has 6 heteroatoms. The maximum atomic E-state index is 12.9. The number of hydroxylamine groups is 2. The van der Waals surface area contributed by atoms with Crippen molar-refractivity contribution in [3.05, 3.63) is 35.9 Å². The van der Waals surface area contributed by atoms with Gasteiger partial charge in [-0.15, -0.1) is 5.06 Å². The van der Waals surface area contributed by atoms with Gasteiger partial charge in [-0.2, -0.15) is 13.2 Å². The first-order valence-corrected chi connectivity index (χ1v) is 7.68. The lowest BCUT2D eigenvalue weighted by atomic mass is 9.89. The third-order valence-corrected chi connectivity index (χ3v) is 4.22. The zero-order chi connectivity index (χ0) is 15.6. The number of rotatable bonds is 3. The fourth-order valence-corrected chi connectivity index (χ4v) is 3.11. The van der Waals surface area contributed by atoms with E-state index in [1.807, 2.05) is 6.07 Å². The lowest BCUT2D eigenvalue weighted by Crippen LogP contribution is -2.33. The van der Waals surface area contributed by atoms with Crippen molar-refractivity contribution in [3.8, 4) is 0 Å². The van der Waals surface area contributed by atoms with Gasteiger partial charge in [0, 0.05) is 6.54 Å². The van der Waals surface area contributed by atoms with Crippen molar-refractivity contribution in [1.29, 1.82) is 0 Å². The molecule has 1 heterocycles. The highest BCUT2D eigenvalue weighted by atomic mass is 19.4. The van der Waals surface area contributed by atoms with Gasteiger partial charge in [0.25, 0.3) is 0 Å². The Morgan fingerprint density at radius 3 is 2.41 bits per heavy atom. The van der Waals surface area contributed by atoms with E-state index in [0.29, 0.717) is 12.5 Å². The van der Waals surface area contributed by atoms with Gasteiger partial charge in [-0.25, -0.2) is 4.99 Å². The Hall–Kier alpha value is -1.56. The molecule has 0 N–H and O–H groups in total. The Kier molecular flexibility index (Phi) is 4.38. The van der Waals surface area contributed by atoms with E-state index in [1.165, 1.54) is 11.5 Å². The molecule has 2 aliphatic rings. The minimum atomic E-state index is -4.55. The molecule has 22 heavy (non-hydrogen) atoms. The first kappa shape index (κ1) is 15.3. The molecule has 0 bridgehead atoms. The number of nitrogens with zero attached hydrogens (tertiary/aromatic N) is 2. The number of hydrogen-bond donors (Lipinski definition) is 0. The van der Waals surface area contributed by atoms with Gasteiger partial charge in [0.15, 0.2) is 6.17 Å². The SMILES string of the molecule is FC(F)(F)C1=NC(c2ccccc2)N(CC2CCCCC2)O1. The maximum Gasteiger partial charge on any atom is 0.470 e. The highest BCUT2D eigenvalue weighted by Gasteiger charge is 2.46. The Morgan fingerprint density at radius 2 is 1.77 bits per heavy atom. The van der Waals surface area contributed by atoms with Gasteiger partial charge in [-0.3, -0.25) is 0 Å². The van der Waals surface area contributed by atoms with Crippen LogP contribution in [0.3, 0.4) is 0 Å². The minimum absolute atomic E-state index is 0.378. The molecule has 0 saturated heterocycles. The van der Waals surface area contributed by atoms with Crippen LogP contribution in [0.1, 0.15) is 43.8 Å². The summed E-state index contributed by atoms with van der Waals surface area (Å²) >= 11 is 0. The fraction of sp³-hybridized carbons (Fsp3) is 0.562. The van der Waals surface area contributed by atoms with Gasteiger partial charge in [0.2, 0.25) is 0 Å². The normalized spacial score (nSPS) is 24.1. The molecule has 1 unspecified atom stereocenters. The van der Waals surface area contributed by atoms with Crippen LogP contribution in [0.25, 0.3) is 0 Å². The number of alkyl halides is 3. The van der Waals surface area contributed by atoms with Crippen LogP contribution in [0.4, 0.5) is 13.2 Å². The lowest BCUT2D eigenvalue weighted by molar-refractivity contribution is -0.141. The number of halogens is 3. The summed E-state index contributed by atoms with van der Waals surface area (Å²) in [5, 5.41) is 1.40. The van der Waals surface area contributed by atoms with Crippen molar-refractivity contribution >= 4 is 5.90 Å². The predicted octanol–water partition coefficient (Wildman–Crippen LogP) is 4.47. The van der Waals surface area contributed by atoms with Crippen LogP contribution >= 0.6 is 0 Å². The number of aliphatic imine (C=N–C) groups is 1. The molecule has 3 nitrogen and oxygen atoms in total. The molecule has 0 aromatic heterocycles. The summed E-state index contributed by atoms with van der Waals surface area (Å²) in [7, 11) is 0. The van der Waals surface area contributed by atoms with Crippen LogP contribution in [0.15, 0.2) is 35.3 Å². The van der Waals surface area contributed by atoms with Gasteiger partial charge in [-0.05, 0) is 24.3 Å². The van der Waals surface area contributed by atoms with E-state index < -0.39 is 18.2 Å². The largest absolute Gasteiger partial charge is 0.470 e. The Balaban J connectivity index is 1.78. The zero-order valence-electron chi connectivity index (χ0n) is 12.2. The minimum Gasteiger partial charge on any atom is -0.378 e. The summed E-state index contributed by atoms with van der Waals surface area (Å²) in [5.41, 5.74) is 0.720. The third-order valence-electron chi connectivity index (χ3n) is 4.22. The second-order valence-corrected chi connectivity index (χ2v) is 5.91. The second kappa shape index (κ2) is 6.28. The molecule has 120 valence electrons. The Morgan fingerprint density at radius 1 is 1.09 bits per heavy atom. The van der Waals surface area contributed by atoms with Crippen molar-refractivity contribution in [2.75, 3.05) is 6.54 Å². The van der Waals surface area contributed by atoms with E-state index >= 15 is 0 Å².